The van der Waals surface area contributed by atoms with Gasteiger partial charge in [-0.3, -0.25) is 4.79 Å². The molecule has 6 aliphatic heterocycles. The number of carbonyl (C=O) groups is 2. The highest BCUT2D eigenvalue weighted by molar-refractivity contribution is 5.87. The van der Waals surface area contributed by atoms with Crippen LogP contribution in [0.1, 0.15) is 104 Å². The van der Waals surface area contributed by atoms with E-state index >= 15 is 0 Å². The van der Waals surface area contributed by atoms with E-state index in [1.54, 1.807) is 63.6 Å². The Hall–Kier alpha value is -3.62. The standard InChI is InChI=1S/C49H75NO13.C7H6O2/c1-12-26(2)44-29(5)18-19-48(63-44)24-35-21-34(62-48)17-16-28(4)43(27(3)14-13-15-33-25-56-46-42(51)30(6)20-36(47(52)59-35)49(33,46)53)60-40-23-38(55-11)45(32(8)58-40)61-39-22-37(54-10)41(50-9)31(7)57-39;8-7(9)6-4-2-1-3-5-6/h13-16,18-20,26-27,29,31-32,34-46,50-51,53H,12,17,21-25H2,1-11H3;1-5H,(H,8,9)/b14-13+,28-16+,33-15+;/t26?,27?,29?,31?,32?,34?,35?,36?,37?,38?,39?,40?,41?,42?,43?,44-,45?,46?,48-,49?;/m1./s1. The number of methoxy groups -OCH3 is 2. The van der Waals surface area contributed by atoms with Crippen molar-refractivity contribution in [3.05, 3.63) is 95.1 Å². The number of aromatic carboxylic acids is 1. The number of likely N-dealkylation sites (N-methyl/N-ethyl adjacent to an activating group) is 1. The third-order valence-electron chi connectivity index (χ3n) is 15.9. The summed E-state index contributed by atoms with van der Waals surface area (Å²) in [7, 11) is 5.30. The zero-order chi connectivity index (χ0) is 52.1. The van der Waals surface area contributed by atoms with Gasteiger partial charge in [-0.2, -0.15) is 0 Å². The summed E-state index contributed by atoms with van der Waals surface area (Å²) in [6.45, 7) is 16.4. The lowest BCUT2D eigenvalue weighted by molar-refractivity contribution is -0.312. The van der Waals surface area contributed by atoms with Crippen molar-refractivity contribution in [1.29, 1.82) is 0 Å². The first kappa shape index (κ1) is 56.1. The second-order valence-corrected chi connectivity index (χ2v) is 21.0. The summed E-state index contributed by atoms with van der Waals surface area (Å²) in [4.78, 5) is 24.6. The monoisotopic (exact) mass is 1010 g/mol. The van der Waals surface area contributed by atoms with Gasteiger partial charge in [-0.1, -0.05) is 88.8 Å². The van der Waals surface area contributed by atoms with Gasteiger partial charge in [-0.15, -0.1) is 0 Å². The summed E-state index contributed by atoms with van der Waals surface area (Å²) in [6.07, 6.45) is 10.7. The fourth-order valence-corrected chi connectivity index (χ4v) is 11.6. The van der Waals surface area contributed by atoms with Gasteiger partial charge in [0.15, 0.2) is 18.4 Å². The van der Waals surface area contributed by atoms with Gasteiger partial charge in [0.1, 0.15) is 35.9 Å². The summed E-state index contributed by atoms with van der Waals surface area (Å²) < 4.78 is 64.6. The zero-order valence-corrected chi connectivity index (χ0v) is 44.0. The average Bonchev–Trinajstić information content (AvgIpc) is 3.70. The van der Waals surface area contributed by atoms with Crippen LogP contribution in [0.15, 0.2) is 89.6 Å². The molecule has 16 nitrogen and oxygen atoms in total. The Kier molecular flexibility index (Phi) is 19.0. The number of hydrogen-bond acceptors (Lipinski definition) is 15. The molecule has 4 saturated heterocycles. The Morgan fingerprint density at radius 2 is 1.60 bits per heavy atom. The van der Waals surface area contributed by atoms with Gasteiger partial charge < -0.3 is 68.0 Å². The molecule has 1 spiro atoms. The zero-order valence-electron chi connectivity index (χ0n) is 44.0. The van der Waals surface area contributed by atoms with Crippen molar-refractivity contribution in [2.45, 2.75) is 191 Å². The van der Waals surface area contributed by atoms with Crippen molar-refractivity contribution in [1.82, 2.24) is 5.32 Å². The minimum absolute atomic E-state index is 0.0411. The molecule has 6 heterocycles. The number of carboxylic acid groups (broad SMARTS) is 1. The molecule has 2 bridgehead atoms. The van der Waals surface area contributed by atoms with E-state index < -0.39 is 72.3 Å². The summed E-state index contributed by atoms with van der Waals surface area (Å²) >= 11 is 0. The van der Waals surface area contributed by atoms with Crippen molar-refractivity contribution in [2.75, 3.05) is 27.9 Å². The SMILES string of the molecule is CCC(C)[C@H]1O[C@]2(C=CC1C)CC1CC(C/C=C(\C)C(OC3CC(OC)C(OC4CC(OC)C(NC)C(C)O4)C(C)O3)C(C)/C=C/C=C3\COC4C(O)C(C)=CC(C(=O)O1)C34O)O2.O=C(O)c1ccccc1. The molecule has 400 valence electrons. The van der Waals surface area contributed by atoms with E-state index in [4.69, 9.17) is 52.5 Å². The van der Waals surface area contributed by atoms with Crippen molar-refractivity contribution in [3.63, 3.8) is 0 Å². The fourth-order valence-electron chi connectivity index (χ4n) is 11.6. The van der Waals surface area contributed by atoms with E-state index in [0.29, 0.717) is 48.8 Å². The largest absolute Gasteiger partial charge is 0.478 e. The lowest BCUT2D eigenvalue weighted by atomic mass is 9.71. The summed E-state index contributed by atoms with van der Waals surface area (Å²) in [5.74, 6) is -3.39. The molecule has 0 amide bonds. The molecule has 8 rings (SSSR count). The number of aliphatic hydroxyl groups excluding tert-OH is 1. The molecule has 16 heteroatoms. The van der Waals surface area contributed by atoms with Crippen LogP contribution in [0.5, 0.6) is 0 Å². The van der Waals surface area contributed by atoms with Crippen LogP contribution >= 0.6 is 0 Å². The van der Waals surface area contributed by atoms with Crippen LogP contribution in [0.3, 0.4) is 0 Å². The Balaban J connectivity index is 0.000000761. The fraction of sp³-hybridized carbons (Fsp3) is 0.679. The Morgan fingerprint density at radius 3 is 2.26 bits per heavy atom. The van der Waals surface area contributed by atoms with Crippen LogP contribution in [-0.4, -0.2) is 152 Å². The molecule has 1 aliphatic carbocycles. The second kappa shape index (κ2) is 24.4. The molecule has 20 atom stereocenters. The molecule has 4 N–H and O–H groups in total. The number of fused-ring (bicyclic) bond motifs is 2. The first-order chi connectivity index (χ1) is 34.3. The van der Waals surface area contributed by atoms with Gasteiger partial charge in [0, 0.05) is 51.7 Å². The van der Waals surface area contributed by atoms with Crippen LogP contribution in [-0.2, 0) is 52.2 Å². The highest BCUT2D eigenvalue weighted by Gasteiger charge is 2.60. The molecule has 72 heavy (non-hydrogen) atoms. The highest BCUT2D eigenvalue weighted by atomic mass is 16.7. The van der Waals surface area contributed by atoms with Crippen LogP contribution in [0.25, 0.3) is 0 Å². The highest BCUT2D eigenvalue weighted by Crippen LogP contribution is 2.47. The normalized spacial score (nSPS) is 43.6. The van der Waals surface area contributed by atoms with Gasteiger partial charge in [0.05, 0.1) is 60.9 Å². The number of allylic oxidation sites excluding steroid dienone is 2. The molecule has 0 saturated carbocycles. The van der Waals surface area contributed by atoms with Crippen LogP contribution in [0.4, 0.5) is 0 Å². The number of ether oxygens (including phenoxy) is 10. The summed E-state index contributed by atoms with van der Waals surface area (Å²) in [5.41, 5.74) is 0.511. The number of benzene rings is 1. The molecular formula is C56H81NO15. The number of carboxylic acids is 1. The lowest BCUT2D eigenvalue weighted by Crippen LogP contribution is -2.58. The Labute approximate surface area is 426 Å². The topological polar surface area (TPSA) is 199 Å². The Morgan fingerprint density at radius 1 is 0.903 bits per heavy atom. The second-order valence-electron chi connectivity index (χ2n) is 21.0. The van der Waals surface area contributed by atoms with Gasteiger partial charge >= 0.3 is 11.9 Å². The van der Waals surface area contributed by atoms with Gasteiger partial charge in [-0.25, -0.2) is 4.79 Å². The maximum atomic E-state index is 14.4. The first-order valence-electron chi connectivity index (χ1n) is 26.0. The molecule has 0 aromatic heterocycles. The van der Waals surface area contributed by atoms with Crippen molar-refractivity contribution in [2.24, 2.45) is 23.7 Å². The molecule has 0 radical (unpaired) electrons. The number of rotatable bonds is 10. The number of hydrogen-bond donors (Lipinski definition) is 4. The summed E-state index contributed by atoms with van der Waals surface area (Å²) in [5, 5.41) is 35.4. The van der Waals surface area contributed by atoms with Crippen molar-refractivity contribution >= 4 is 11.9 Å². The van der Waals surface area contributed by atoms with Crippen molar-refractivity contribution < 1.29 is 72.3 Å². The number of nitrogens with one attached hydrogen (secondary N) is 1. The molecule has 1 aromatic carbocycles. The quantitative estimate of drug-likeness (QED) is 0.138. The maximum absolute atomic E-state index is 14.4. The number of carbonyl (C=O) groups excluding carboxylic acids is 1. The molecule has 1 aromatic rings. The molecular weight excluding hydrogens is 927 g/mol. The van der Waals surface area contributed by atoms with Gasteiger partial charge in [-0.05, 0) is 82.0 Å². The minimum Gasteiger partial charge on any atom is -0.478 e. The van der Waals surface area contributed by atoms with Crippen LogP contribution in [0, 0.1) is 23.7 Å². The van der Waals surface area contributed by atoms with E-state index in [1.165, 1.54) is 0 Å². The lowest BCUT2D eigenvalue weighted by Gasteiger charge is -2.48. The number of esters is 1. The number of aliphatic hydroxyl groups is 2. The summed E-state index contributed by atoms with van der Waals surface area (Å²) in [6, 6.07) is 8.34. The van der Waals surface area contributed by atoms with Crippen LogP contribution < -0.4 is 5.32 Å². The molecule has 18 unspecified atom stereocenters. The van der Waals surface area contributed by atoms with Gasteiger partial charge in [0.2, 0.25) is 0 Å². The average molecular weight is 1010 g/mol. The molecule has 4 fully saturated rings. The van der Waals surface area contributed by atoms with E-state index in [2.05, 4.69) is 52.1 Å². The first-order valence-corrected chi connectivity index (χ1v) is 26.0. The predicted molar refractivity (Wildman–Crippen MR) is 268 cm³/mol. The third kappa shape index (κ3) is 12.4. The van der Waals surface area contributed by atoms with E-state index in [9.17, 15) is 19.8 Å². The van der Waals surface area contributed by atoms with Gasteiger partial charge in [0.25, 0.3) is 0 Å². The molecule has 7 aliphatic rings. The maximum Gasteiger partial charge on any atom is 0.335 e. The van der Waals surface area contributed by atoms with E-state index in [0.717, 1.165) is 12.0 Å². The predicted octanol–water partition coefficient (Wildman–Crippen LogP) is 6.99. The smallest absolute Gasteiger partial charge is 0.335 e. The third-order valence-corrected chi connectivity index (χ3v) is 15.9. The van der Waals surface area contributed by atoms with E-state index in [1.807, 2.05) is 39.1 Å². The van der Waals surface area contributed by atoms with E-state index in [-0.39, 0.29) is 67.0 Å². The van der Waals surface area contributed by atoms with Crippen LogP contribution in [0.2, 0.25) is 0 Å². The van der Waals surface area contributed by atoms with Crippen molar-refractivity contribution in [3.8, 4) is 0 Å². The minimum atomic E-state index is -1.83. The Bertz CT molecular complexity index is 2140.